The molecule has 0 fully saturated rings. The Morgan fingerprint density at radius 1 is 1.27 bits per heavy atom. The molecule has 0 amide bonds. The van der Waals surface area contributed by atoms with E-state index in [4.69, 9.17) is 0 Å². The van der Waals surface area contributed by atoms with E-state index >= 15 is 0 Å². The Morgan fingerprint density at radius 2 is 2.08 bits per heavy atom. The predicted octanol–water partition coefficient (Wildman–Crippen LogP) is 3.67. The van der Waals surface area contributed by atoms with Gasteiger partial charge in [-0.2, -0.15) is 0 Å². The van der Waals surface area contributed by atoms with Crippen LogP contribution in [0.1, 0.15) is 30.2 Å². The van der Waals surface area contributed by atoms with Gasteiger partial charge in [-0.15, -0.1) is 0 Å². The second kappa shape index (κ2) is 5.87. The number of carboxylic acids is 1. The molecule has 7 nitrogen and oxygen atoms in total. The highest BCUT2D eigenvalue weighted by Crippen LogP contribution is 2.32. The number of rotatable bonds is 4. The number of anilines is 1. The van der Waals surface area contributed by atoms with E-state index < -0.39 is 5.97 Å². The third-order valence-corrected chi connectivity index (χ3v) is 4.53. The average molecular weight is 349 g/mol. The van der Waals surface area contributed by atoms with Crippen molar-refractivity contribution in [2.24, 2.45) is 0 Å². The number of hydrogen-bond donors (Lipinski definition) is 2. The molecule has 0 aliphatic carbocycles. The minimum atomic E-state index is -0.995. The molecule has 0 aliphatic rings. The molecule has 0 aliphatic heterocycles. The molecule has 4 aromatic rings. The maximum Gasteiger partial charge on any atom is 0.339 e. The van der Waals surface area contributed by atoms with Gasteiger partial charge in [0.1, 0.15) is 17.0 Å². The summed E-state index contributed by atoms with van der Waals surface area (Å²) in [7, 11) is 1.80. The van der Waals surface area contributed by atoms with Crippen molar-refractivity contribution in [2.75, 3.05) is 12.4 Å². The topological polar surface area (TPSA) is 84.5 Å². The first-order chi connectivity index (χ1) is 12.5. The number of pyridine rings is 1. The number of aromatic nitrogens is 4. The molecule has 132 valence electrons. The molecule has 0 bridgehead atoms. The van der Waals surface area contributed by atoms with Crippen molar-refractivity contribution in [3.63, 3.8) is 0 Å². The van der Waals surface area contributed by atoms with Gasteiger partial charge in [-0.25, -0.2) is 14.8 Å². The third-order valence-electron chi connectivity index (χ3n) is 4.53. The van der Waals surface area contributed by atoms with Crippen molar-refractivity contribution in [3.05, 3.63) is 48.4 Å². The second-order valence-corrected chi connectivity index (χ2v) is 6.42. The van der Waals surface area contributed by atoms with Crippen LogP contribution in [-0.2, 0) is 0 Å². The van der Waals surface area contributed by atoms with Gasteiger partial charge in [-0.1, -0.05) is 0 Å². The Morgan fingerprint density at radius 3 is 2.77 bits per heavy atom. The standard InChI is InChI=1S/C19H19N5O2/c1-11(2)24-10-14(12-5-4-7-21-17(12)24)15-9-16(20-3)23-8-6-13(19(25)26)18(23)22-15/h4-11,20H,1-3H3,(H,25,26). The fourth-order valence-electron chi connectivity index (χ4n) is 3.26. The SMILES string of the molecule is CNc1cc(-c2cn(C(C)C)c3ncccc23)nc2c(C(=O)O)ccn12. The number of carboxylic acid groups (broad SMARTS) is 1. The van der Waals surface area contributed by atoms with Gasteiger partial charge in [0, 0.05) is 48.7 Å². The first-order valence-electron chi connectivity index (χ1n) is 8.40. The smallest absolute Gasteiger partial charge is 0.339 e. The van der Waals surface area contributed by atoms with E-state index in [0.717, 1.165) is 22.4 Å². The lowest BCUT2D eigenvalue weighted by Gasteiger charge is -2.09. The largest absolute Gasteiger partial charge is 0.478 e. The first-order valence-corrected chi connectivity index (χ1v) is 8.40. The molecule has 4 heterocycles. The molecule has 26 heavy (non-hydrogen) atoms. The number of fused-ring (bicyclic) bond motifs is 2. The van der Waals surface area contributed by atoms with Gasteiger partial charge in [0.05, 0.1) is 5.69 Å². The minimum absolute atomic E-state index is 0.175. The Balaban J connectivity index is 2.05. The summed E-state index contributed by atoms with van der Waals surface area (Å²) in [6.45, 7) is 4.20. The maximum atomic E-state index is 11.5. The van der Waals surface area contributed by atoms with E-state index in [1.807, 2.05) is 24.4 Å². The number of hydrogen-bond acceptors (Lipinski definition) is 4. The summed E-state index contributed by atoms with van der Waals surface area (Å²) in [4.78, 5) is 20.7. The van der Waals surface area contributed by atoms with Crippen LogP contribution in [0.15, 0.2) is 42.9 Å². The van der Waals surface area contributed by atoms with Crippen LogP contribution in [0.5, 0.6) is 0 Å². The molecule has 0 saturated heterocycles. The highest BCUT2D eigenvalue weighted by Gasteiger charge is 2.18. The van der Waals surface area contributed by atoms with Gasteiger partial charge in [-0.3, -0.25) is 4.40 Å². The molecular weight excluding hydrogens is 330 g/mol. The summed E-state index contributed by atoms with van der Waals surface area (Å²) in [6, 6.07) is 7.64. The minimum Gasteiger partial charge on any atom is -0.478 e. The Labute approximate surface area is 149 Å². The quantitative estimate of drug-likeness (QED) is 0.587. The molecule has 4 aromatic heterocycles. The van der Waals surface area contributed by atoms with Crippen LogP contribution in [-0.4, -0.2) is 37.1 Å². The molecular formula is C19H19N5O2. The number of nitrogens with zero attached hydrogens (tertiary/aromatic N) is 4. The van der Waals surface area contributed by atoms with Crippen molar-refractivity contribution < 1.29 is 9.90 Å². The van der Waals surface area contributed by atoms with Crippen LogP contribution in [0.4, 0.5) is 5.82 Å². The summed E-state index contributed by atoms with van der Waals surface area (Å²) in [5.74, 6) is -0.225. The van der Waals surface area contributed by atoms with Crippen LogP contribution in [0.2, 0.25) is 0 Å². The van der Waals surface area contributed by atoms with Gasteiger partial charge in [0.25, 0.3) is 0 Å². The number of aromatic carboxylic acids is 1. The van der Waals surface area contributed by atoms with Crippen LogP contribution < -0.4 is 5.32 Å². The van der Waals surface area contributed by atoms with Gasteiger partial charge in [0.2, 0.25) is 0 Å². The lowest BCUT2D eigenvalue weighted by atomic mass is 10.1. The highest BCUT2D eigenvalue weighted by atomic mass is 16.4. The second-order valence-electron chi connectivity index (χ2n) is 6.42. The lowest BCUT2D eigenvalue weighted by Crippen LogP contribution is -2.03. The first kappa shape index (κ1) is 16.1. The Kier molecular flexibility index (Phi) is 3.64. The van der Waals surface area contributed by atoms with Crippen LogP contribution >= 0.6 is 0 Å². The zero-order valence-corrected chi connectivity index (χ0v) is 14.8. The zero-order valence-electron chi connectivity index (χ0n) is 14.8. The van der Waals surface area contributed by atoms with Crippen molar-refractivity contribution >= 4 is 28.5 Å². The van der Waals surface area contributed by atoms with Crippen LogP contribution in [0.3, 0.4) is 0 Å². The zero-order chi connectivity index (χ0) is 18.4. The fourth-order valence-corrected chi connectivity index (χ4v) is 3.26. The van der Waals surface area contributed by atoms with E-state index in [0.29, 0.717) is 11.3 Å². The summed E-state index contributed by atoms with van der Waals surface area (Å²) in [5.41, 5.74) is 3.11. The Bertz CT molecular complexity index is 1140. The molecule has 0 atom stereocenters. The normalized spacial score (nSPS) is 11.5. The van der Waals surface area contributed by atoms with Gasteiger partial charge < -0.3 is 15.0 Å². The van der Waals surface area contributed by atoms with E-state index in [2.05, 4.69) is 33.7 Å². The highest BCUT2D eigenvalue weighted by molar-refractivity contribution is 5.97. The average Bonchev–Trinajstić information content (AvgIpc) is 3.22. The fraction of sp³-hybridized carbons (Fsp3) is 0.211. The van der Waals surface area contributed by atoms with E-state index in [1.165, 1.54) is 0 Å². The summed E-state index contributed by atoms with van der Waals surface area (Å²) in [6.07, 6.45) is 5.51. The molecule has 0 aromatic carbocycles. The van der Waals surface area contributed by atoms with E-state index in [9.17, 15) is 9.90 Å². The summed E-state index contributed by atoms with van der Waals surface area (Å²) < 4.78 is 3.85. The van der Waals surface area contributed by atoms with E-state index in [1.54, 1.807) is 29.9 Å². The predicted molar refractivity (Wildman–Crippen MR) is 101 cm³/mol. The van der Waals surface area contributed by atoms with Gasteiger partial charge in [0.15, 0.2) is 5.65 Å². The Hall–Kier alpha value is -3.35. The van der Waals surface area contributed by atoms with Crippen molar-refractivity contribution in [3.8, 4) is 11.3 Å². The molecule has 0 saturated carbocycles. The monoisotopic (exact) mass is 349 g/mol. The number of carbonyl (C=O) groups is 1. The summed E-state index contributed by atoms with van der Waals surface area (Å²) in [5, 5.41) is 13.6. The molecule has 0 spiro atoms. The van der Waals surface area contributed by atoms with Gasteiger partial charge in [-0.05, 0) is 32.0 Å². The molecule has 0 unspecified atom stereocenters. The molecule has 0 radical (unpaired) electrons. The molecule has 2 N–H and O–H groups in total. The van der Waals surface area contributed by atoms with Crippen LogP contribution in [0, 0.1) is 0 Å². The van der Waals surface area contributed by atoms with Crippen molar-refractivity contribution in [1.82, 2.24) is 18.9 Å². The van der Waals surface area contributed by atoms with Gasteiger partial charge >= 0.3 is 5.97 Å². The van der Waals surface area contributed by atoms with Crippen molar-refractivity contribution in [1.29, 1.82) is 0 Å². The lowest BCUT2D eigenvalue weighted by molar-refractivity contribution is 0.0699. The van der Waals surface area contributed by atoms with Crippen LogP contribution in [0.25, 0.3) is 27.9 Å². The summed E-state index contributed by atoms with van der Waals surface area (Å²) >= 11 is 0. The molecule has 7 heteroatoms. The number of nitrogens with one attached hydrogen (secondary N) is 1. The molecule has 4 rings (SSSR count). The van der Waals surface area contributed by atoms with E-state index in [-0.39, 0.29) is 11.6 Å². The maximum absolute atomic E-state index is 11.5. The van der Waals surface area contributed by atoms with Crippen molar-refractivity contribution in [2.45, 2.75) is 19.9 Å². The third kappa shape index (κ3) is 2.32.